The van der Waals surface area contributed by atoms with Crippen LogP contribution in [0.25, 0.3) is 0 Å². The molecule has 1 aromatic heterocycles. The van der Waals surface area contributed by atoms with Gasteiger partial charge in [0.05, 0.1) is 18.1 Å². The number of nitrogen functional groups attached to an aromatic ring is 1. The van der Waals surface area contributed by atoms with Crippen molar-refractivity contribution < 1.29 is 4.79 Å². The number of nitrogens with two attached hydrogens (primary N) is 1. The third-order valence-electron chi connectivity index (χ3n) is 3.28. The van der Waals surface area contributed by atoms with Crippen LogP contribution in [0.1, 0.15) is 15.9 Å². The summed E-state index contributed by atoms with van der Waals surface area (Å²) in [7, 11) is 0. The van der Waals surface area contributed by atoms with Crippen LogP contribution in [-0.4, -0.2) is 15.7 Å². The fourth-order valence-corrected chi connectivity index (χ4v) is 2.81. The monoisotopic (exact) mass is 305 g/mol. The molecule has 0 aliphatic heterocycles. The second-order valence-corrected chi connectivity index (χ2v) is 5.49. The van der Waals surface area contributed by atoms with Gasteiger partial charge in [-0.15, -0.1) is 0 Å². The van der Waals surface area contributed by atoms with E-state index >= 15 is 0 Å². The highest BCUT2D eigenvalue weighted by Crippen LogP contribution is 2.30. The van der Waals surface area contributed by atoms with Gasteiger partial charge >= 0.3 is 0 Å². The number of carbonyl (C=O) groups is 1. The highest BCUT2D eigenvalue weighted by molar-refractivity contribution is 9.10. The first-order valence-corrected chi connectivity index (χ1v) is 6.54. The van der Waals surface area contributed by atoms with Gasteiger partial charge in [0.15, 0.2) is 0 Å². The van der Waals surface area contributed by atoms with Crippen LogP contribution in [0.3, 0.4) is 0 Å². The van der Waals surface area contributed by atoms with Crippen LogP contribution in [0.2, 0.25) is 0 Å². The van der Waals surface area contributed by atoms with Gasteiger partial charge in [0.2, 0.25) is 0 Å². The lowest BCUT2D eigenvalue weighted by Crippen LogP contribution is -2.22. The SMILES string of the molecule is Nc1cnn(C(=O)C2Cc3ccc(Br)cc3C2)c1. The van der Waals surface area contributed by atoms with Crippen molar-refractivity contribution in [3.8, 4) is 0 Å². The lowest BCUT2D eigenvalue weighted by Gasteiger charge is -2.06. The summed E-state index contributed by atoms with van der Waals surface area (Å²) in [4.78, 5) is 12.2. The van der Waals surface area contributed by atoms with Crippen LogP contribution < -0.4 is 5.73 Å². The van der Waals surface area contributed by atoms with Crippen molar-refractivity contribution in [2.24, 2.45) is 5.92 Å². The summed E-state index contributed by atoms with van der Waals surface area (Å²) in [6.45, 7) is 0. The highest BCUT2D eigenvalue weighted by atomic mass is 79.9. The second kappa shape index (κ2) is 4.24. The average Bonchev–Trinajstić information content (AvgIpc) is 2.93. The Morgan fingerprint density at radius 2 is 2.17 bits per heavy atom. The molecule has 3 rings (SSSR count). The van der Waals surface area contributed by atoms with Crippen molar-refractivity contribution in [2.75, 3.05) is 5.73 Å². The summed E-state index contributed by atoms with van der Waals surface area (Å²) < 4.78 is 2.40. The summed E-state index contributed by atoms with van der Waals surface area (Å²) in [5, 5.41) is 3.97. The molecule has 92 valence electrons. The van der Waals surface area contributed by atoms with E-state index in [4.69, 9.17) is 5.73 Å². The predicted octanol–water partition coefficient (Wildman–Crippen LogP) is 2.28. The van der Waals surface area contributed by atoms with Crippen LogP contribution in [0.4, 0.5) is 5.69 Å². The molecule has 1 aliphatic rings. The maximum atomic E-state index is 12.2. The number of aromatic nitrogens is 2. The zero-order chi connectivity index (χ0) is 12.7. The Bertz CT molecular complexity index is 620. The van der Waals surface area contributed by atoms with Gasteiger partial charge in [0.25, 0.3) is 5.91 Å². The zero-order valence-electron chi connectivity index (χ0n) is 9.64. The third-order valence-corrected chi connectivity index (χ3v) is 3.77. The van der Waals surface area contributed by atoms with Crippen molar-refractivity contribution in [1.29, 1.82) is 0 Å². The Morgan fingerprint density at radius 1 is 1.39 bits per heavy atom. The molecule has 0 saturated carbocycles. The van der Waals surface area contributed by atoms with Gasteiger partial charge in [0, 0.05) is 10.4 Å². The Hall–Kier alpha value is -1.62. The van der Waals surface area contributed by atoms with E-state index in [1.54, 1.807) is 6.20 Å². The fourth-order valence-electron chi connectivity index (χ4n) is 2.41. The van der Waals surface area contributed by atoms with E-state index in [2.05, 4.69) is 33.2 Å². The van der Waals surface area contributed by atoms with E-state index in [0.717, 1.165) is 17.3 Å². The van der Waals surface area contributed by atoms with Gasteiger partial charge in [-0.05, 0) is 36.1 Å². The maximum absolute atomic E-state index is 12.2. The van der Waals surface area contributed by atoms with Crippen LogP contribution in [0.15, 0.2) is 35.1 Å². The van der Waals surface area contributed by atoms with E-state index in [0.29, 0.717) is 5.69 Å². The lowest BCUT2D eigenvalue weighted by atomic mass is 10.1. The molecule has 0 saturated heterocycles. The number of carbonyl (C=O) groups excluding carboxylic acids is 1. The number of benzene rings is 1. The maximum Gasteiger partial charge on any atom is 0.250 e. The third kappa shape index (κ3) is 1.95. The van der Waals surface area contributed by atoms with Gasteiger partial charge in [-0.25, -0.2) is 4.68 Å². The van der Waals surface area contributed by atoms with Gasteiger partial charge < -0.3 is 5.73 Å². The second-order valence-electron chi connectivity index (χ2n) is 4.57. The van der Waals surface area contributed by atoms with Gasteiger partial charge in [-0.1, -0.05) is 22.0 Å². The topological polar surface area (TPSA) is 60.9 Å². The first-order valence-electron chi connectivity index (χ1n) is 5.75. The molecule has 18 heavy (non-hydrogen) atoms. The van der Waals surface area contributed by atoms with Crippen molar-refractivity contribution in [2.45, 2.75) is 12.8 Å². The largest absolute Gasteiger partial charge is 0.396 e. The van der Waals surface area contributed by atoms with Crippen molar-refractivity contribution in [3.05, 3.63) is 46.2 Å². The van der Waals surface area contributed by atoms with Gasteiger partial charge in [0.1, 0.15) is 0 Å². The Kier molecular flexibility index (Phi) is 2.70. The summed E-state index contributed by atoms with van der Waals surface area (Å²) in [6.07, 6.45) is 4.62. The normalized spacial score (nSPS) is 17.7. The molecule has 0 bridgehead atoms. The number of fused-ring (bicyclic) bond motifs is 1. The molecule has 4 nitrogen and oxygen atoms in total. The fraction of sp³-hybridized carbons (Fsp3) is 0.231. The Balaban J connectivity index is 1.83. The Labute approximate surface area is 113 Å². The summed E-state index contributed by atoms with van der Waals surface area (Å²) in [6, 6.07) is 6.17. The minimum absolute atomic E-state index is 0.0130. The number of halogens is 1. The summed E-state index contributed by atoms with van der Waals surface area (Å²) >= 11 is 3.45. The van der Waals surface area contributed by atoms with E-state index in [1.165, 1.54) is 22.0 Å². The minimum Gasteiger partial charge on any atom is -0.396 e. The Morgan fingerprint density at radius 3 is 2.89 bits per heavy atom. The number of anilines is 1. The lowest BCUT2D eigenvalue weighted by molar-refractivity contribution is 0.0822. The number of hydrogen-bond donors (Lipinski definition) is 1. The molecule has 0 amide bonds. The molecule has 1 unspecified atom stereocenters. The average molecular weight is 306 g/mol. The molecule has 2 aromatic rings. The van der Waals surface area contributed by atoms with Crippen LogP contribution in [0.5, 0.6) is 0 Å². The van der Waals surface area contributed by atoms with Gasteiger partial charge in [-0.2, -0.15) is 5.10 Å². The molecule has 2 N–H and O–H groups in total. The molecule has 0 spiro atoms. The van der Waals surface area contributed by atoms with Crippen molar-refractivity contribution in [3.63, 3.8) is 0 Å². The first-order chi connectivity index (χ1) is 8.63. The van der Waals surface area contributed by atoms with E-state index in [-0.39, 0.29) is 11.8 Å². The molecular weight excluding hydrogens is 294 g/mol. The molecule has 1 aliphatic carbocycles. The molecule has 1 aromatic carbocycles. The van der Waals surface area contributed by atoms with Crippen molar-refractivity contribution >= 4 is 27.5 Å². The minimum atomic E-state index is -0.0337. The van der Waals surface area contributed by atoms with Crippen molar-refractivity contribution in [1.82, 2.24) is 9.78 Å². The van der Waals surface area contributed by atoms with Crippen LogP contribution >= 0.6 is 15.9 Å². The number of rotatable bonds is 1. The zero-order valence-corrected chi connectivity index (χ0v) is 11.2. The molecule has 0 radical (unpaired) electrons. The highest BCUT2D eigenvalue weighted by Gasteiger charge is 2.28. The van der Waals surface area contributed by atoms with Gasteiger partial charge in [-0.3, -0.25) is 4.79 Å². The van der Waals surface area contributed by atoms with Crippen LogP contribution in [-0.2, 0) is 12.8 Å². The van der Waals surface area contributed by atoms with Crippen LogP contribution in [0, 0.1) is 5.92 Å². The number of hydrogen-bond acceptors (Lipinski definition) is 3. The summed E-state index contributed by atoms with van der Waals surface area (Å²) in [5.41, 5.74) is 8.58. The standard InChI is InChI=1S/C13H12BrN3O/c14-11-2-1-8-3-10(4-9(8)5-11)13(18)17-7-12(15)6-16-17/h1-2,5-7,10H,3-4,15H2. The number of nitrogens with zero attached hydrogens (tertiary/aromatic N) is 2. The molecule has 0 fully saturated rings. The molecular formula is C13H12BrN3O. The van der Waals surface area contributed by atoms with E-state index in [9.17, 15) is 4.79 Å². The molecule has 5 heteroatoms. The smallest absolute Gasteiger partial charge is 0.250 e. The van der Waals surface area contributed by atoms with E-state index < -0.39 is 0 Å². The molecule has 1 atom stereocenters. The first kappa shape index (κ1) is 11.5. The quantitative estimate of drug-likeness (QED) is 0.879. The predicted molar refractivity (Wildman–Crippen MR) is 72.3 cm³/mol. The summed E-state index contributed by atoms with van der Waals surface area (Å²) in [5.74, 6) is -0.0207. The van der Waals surface area contributed by atoms with E-state index in [1.807, 2.05) is 6.07 Å². The molecule has 1 heterocycles.